The number of rotatable bonds is 5. The molecule has 2 heterocycles. The van der Waals surface area contributed by atoms with Crippen molar-refractivity contribution in [2.24, 2.45) is 4.99 Å². The smallest absolute Gasteiger partial charge is 0.288 e. The average molecular weight is 548 g/mol. The average Bonchev–Trinajstić information content (AvgIpc) is 3.44. The maximum atomic E-state index is 13.6. The number of amidine groups is 1. The number of nitrogens with zero attached hydrogens (tertiary/aromatic N) is 3. The molecule has 0 unspecified atom stereocenters. The zero-order chi connectivity index (χ0) is 25.2. The second-order valence-corrected chi connectivity index (χ2v) is 11.3. The molecule has 2 aliphatic carbocycles. The van der Waals surface area contributed by atoms with E-state index in [4.69, 9.17) is 32.6 Å². The summed E-state index contributed by atoms with van der Waals surface area (Å²) < 4.78 is 5.95. The van der Waals surface area contributed by atoms with E-state index in [9.17, 15) is 14.9 Å². The number of aliphatic imine (C=N–C) groups is 1. The van der Waals surface area contributed by atoms with Crippen LogP contribution in [-0.2, 0) is 4.79 Å². The number of furan rings is 1. The SMILES string of the molecule is O=C1C(=Cc2ccc(-c3cc([N+](=O)[O-])c(Cl)cc3Cl)o2)SC(=NC2CCCCC2)N1C1CCCCC1. The van der Waals surface area contributed by atoms with Gasteiger partial charge in [0.15, 0.2) is 5.17 Å². The van der Waals surface area contributed by atoms with E-state index in [1.165, 1.54) is 49.6 Å². The van der Waals surface area contributed by atoms with Crippen LogP contribution in [0, 0.1) is 10.1 Å². The summed E-state index contributed by atoms with van der Waals surface area (Å²) in [4.78, 5) is 31.8. The Labute approximate surface area is 224 Å². The van der Waals surface area contributed by atoms with Crippen molar-refractivity contribution in [1.29, 1.82) is 0 Å². The predicted octanol–water partition coefficient (Wildman–Crippen LogP) is 8.10. The molecule has 190 valence electrons. The van der Waals surface area contributed by atoms with E-state index in [1.807, 2.05) is 4.90 Å². The number of halogens is 2. The van der Waals surface area contributed by atoms with Crippen molar-refractivity contribution in [3.63, 3.8) is 0 Å². The van der Waals surface area contributed by atoms with Crippen molar-refractivity contribution < 1.29 is 14.1 Å². The lowest BCUT2D eigenvalue weighted by Gasteiger charge is -2.31. The number of amides is 1. The molecule has 10 heteroatoms. The predicted molar refractivity (Wildman–Crippen MR) is 144 cm³/mol. The second-order valence-electron chi connectivity index (χ2n) is 9.52. The first-order chi connectivity index (χ1) is 17.4. The molecule has 36 heavy (non-hydrogen) atoms. The van der Waals surface area contributed by atoms with Crippen molar-refractivity contribution in [2.45, 2.75) is 76.3 Å². The molecule has 1 saturated heterocycles. The Morgan fingerprint density at radius 2 is 1.72 bits per heavy atom. The van der Waals surface area contributed by atoms with Gasteiger partial charge in [-0.1, -0.05) is 61.7 Å². The molecule has 2 aromatic rings. The lowest BCUT2D eigenvalue weighted by molar-refractivity contribution is -0.384. The van der Waals surface area contributed by atoms with Crippen molar-refractivity contribution in [2.75, 3.05) is 0 Å². The minimum absolute atomic E-state index is 0.0282. The van der Waals surface area contributed by atoms with Crippen LogP contribution in [0.1, 0.15) is 70.0 Å². The number of benzene rings is 1. The van der Waals surface area contributed by atoms with Gasteiger partial charge in [-0.3, -0.25) is 24.8 Å². The van der Waals surface area contributed by atoms with Gasteiger partial charge in [0.1, 0.15) is 16.5 Å². The van der Waals surface area contributed by atoms with E-state index in [0.29, 0.717) is 22.0 Å². The summed E-state index contributed by atoms with van der Waals surface area (Å²) in [7, 11) is 0. The molecule has 7 nitrogen and oxygen atoms in total. The molecular formula is C26H27Cl2N3O4S. The molecule has 0 spiro atoms. The molecule has 0 N–H and O–H groups in total. The summed E-state index contributed by atoms with van der Waals surface area (Å²) in [6.45, 7) is 0. The second kappa shape index (κ2) is 11.0. The van der Waals surface area contributed by atoms with E-state index in [2.05, 4.69) is 0 Å². The van der Waals surface area contributed by atoms with Crippen LogP contribution >= 0.6 is 35.0 Å². The van der Waals surface area contributed by atoms with Gasteiger partial charge in [0.2, 0.25) is 0 Å². The fraction of sp³-hybridized carbons (Fsp3) is 0.462. The maximum absolute atomic E-state index is 13.6. The van der Waals surface area contributed by atoms with Crippen LogP contribution in [0.5, 0.6) is 0 Å². The normalized spacial score (nSPS) is 22.2. The summed E-state index contributed by atoms with van der Waals surface area (Å²) in [5.41, 5.74) is 0.117. The molecule has 0 radical (unpaired) electrons. The molecule has 3 fully saturated rings. The largest absolute Gasteiger partial charge is 0.457 e. The highest BCUT2D eigenvalue weighted by atomic mass is 35.5. The number of nitro groups is 1. The number of thioether (sulfide) groups is 1. The molecule has 1 aliphatic heterocycles. The van der Waals surface area contributed by atoms with Crippen LogP contribution in [0.15, 0.2) is 38.6 Å². The summed E-state index contributed by atoms with van der Waals surface area (Å²) >= 11 is 13.7. The molecule has 0 atom stereocenters. The fourth-order valence-corrected chi connectivity index (χ4v) is 6.81. The first kappa shape index (κ1) is 25.4. The van der Waals surface area contributed by atoms with Crippen LogP contribution in [0.25, 0.3) is 17.4 Å². The number of hydrogen-bond donors (Lipinski definition) is 0. The Morgan fingerprint density at radius 1 is 1.03 bits per heavy atom. The third-order valence-electron chi connectivity index (χ3n) is 7.04. The van der Waals surface area contributed by atoms with E-state index >= 15 is 0 Å². The van der Waals surface area contributed by atoms with Gasteiger partial charge < -0.3 is 4.42 Å². The monoisotopic (exact) mass is 547 g/mol. The van der Waals surface area contributed by atoms with E-state index < -0.39 is 4.92 Å². The molecule has 2 saturated carbocycles. The molecule has 3 aliphatic rings. The lowest BCUT2D eigenvalue weighted by Crippen LogP contribution is -2.41. The van der Waals surface area contributed by atoms with Crippen LogP contribution < -0.4 is 0 Å². The van der Waals surface area contributed by atoms with Crippen LogP contribution in [0.2, 0.25) is 10.0 Å². The van der Waals surface area contributed by atoms with Gasteiger partial charge in [-0.2, -0.15) is 0 Å². The standard InChI is InChI=1S/C26H27Cl2N3O4S/c27-20-15-21(28)22(31(33)34)14-19(20)23-12-11-18(35-23)13-24-25(32)30(17-9-5-2-6-10-17)26(36-24)29-16-7-3-1-4-8-16/h11-17H,1-10H2. The zero-order valence-electron chi connectivity index (χ0n) is 19.8. The first-order valence-corrected chi connectivity index (χ1v) is 14.0. The van der Waals surface area contributed by atoms with E-state index in [0.717, 1.165) is 43.7 Å². The van der Waals surface area contributed by atoms with Gasteiger partial charge in [-0.25, -0.2) is 0 Å². The minimum atomic E-state index is -0.561. The minimum Gasteiger partial charge on any atom is -0.457 e. The molecule has 5 rings (SSSR count). The Hall–Kier alpha value is -2.29. The van der Waals surface area contributed by atoms with Crippen molar-refractivity contribution in [1.82, 2.24) is 4.90 Å². The molecule has 0 bridgehead atoms. The summed E-state index contributed by atoms with van der Waals surface area (Å²) in [5.74, 6) is 0.805. The fourth-order valence-electron chi connectivity index (χ4n) is 5.17. The van der Waals surface area contributed by atoms with E-state index in [1.54, 1.807) is 18.2 Å². The van der Waals surface area contributed by atoms with E-state index in [-0.39, 0.29) is 33.7 Å². The number of hydrogen-bond acceptors (Lipinski definition) is 6. The van der Waals surface area contributed by atoms with Crippen LogP contribution in [0.4, 0.5) is 5.69 Å². The first-order valence-electron chi connectivity index (χ1n) is 12.5. The Morgan fingerprint density at radius 3 is 2.42 bits per heavy atom. The van der Waals surface area contributed by atoms with Gasteiger partial charge in [0, 0.05) is 23.7 Å². The highest BCUT2D eigenvalue weighted by Crippen LogP contribution is 2.40. The number of carbonyl (C=O) groups is 1. The third kappa shape index (κ3) is 5.36. The van der Waals surface area contributed by atoms with Crippen molar-refractivity contribution in [3.05, 3.63) is 55.1 Å². The highest BCUT2D eigenvalue weighted by Gasteiger charge is 2.39. The number of carbonyl (C=O) groups excluding carboxylic acids is 1. The molecule has 1 aromatic heterocycles. The molecule has 1 amide bonds. The summed E-state index contributed by atoms with van der Waals surface area (Å²) in [6, 6.07) is 6.52. The maximum Gasteiger partial charge on any atom is 0.288 e. The third-order valence-corrected chi connectivity index (χ3v) is 8.66. The quantitative estimate of drug-likeness (QED) is 0.214. The van der Waals surface area contributed by atoms with Crippen LogP contribution in [-0.4, -0.2) is 33.0 Å². The molecular weight excluding hydrogens is 521 g/mol. The van der Waals surface area contributed by atoms with Gasteiger partial charge in [-0.15, -0.1) is 0 Å². The van der Waals surface area contributed by atoms with Crippen molar-refractivity contribution >= 4 is 57.8 Å². The van der Waals surface area contributed by atoms with Gasteiger partial charge in [0.25, 0.3) is 11.6 Å². The van der Waals surface area contributed by atoms with Gasteiger partial charge in [-0.05, 0) is 55.6 Å². The van der Waals surface area contributed by atoms with Crippen LogP contribution in [0.3, 0.4) is 0 Å². The highest BCUT2D eigenvalue weighted by molar-refractivity contribution is 8.18. The Balaban J connectivity index is 1.44. The molecule has 1 aromatic carbocycles. The lowest BCUT2D eigenvalue weighted by atomic mass is 9.94. The number of nitro benzene ring substituents is 1. The summed E-state index contributed by atoms with van der Waals surface area (Å²) in [5, 5.41) is 12.3. The van der Waals surface area contributed by atoms with Gasteiger partial charge in [0.05, 0.1) is 20.9 Å². The summed E-state index contributed by atoms with van der Waals surface area (Å²) in [6.07, 6.45) is 13.0. The van der Waals surface area contributed by atoms with Gasteiger partial charge >= 0.3 is 0 Å². The topological polar surface area (TPSA) is 88.9 Å². The zero-order valence-corrected chi connectivity index (χ0v) is 22.1. The Bertz CT molecular complexity index is 1230. The Kier molecular flexibility index (Phi) is 7.74. The van der Waals surface area contributed by atoms with Crippen molar-refractivity contribution in [3.8, 4) is 11.3 Å².